The monoisotopic (exact) mass is 329 g/mol. The van der Waals surface area contributed by atoms with Crippen LogP contribution in [0.3, 0.4) is 0 Å². The molecular weight excluding hydrogens is 309 g/mol. The molecular formula is C18H20FN3O2. The first kappa shape index (κ1) is 17.5. The topological polar surface area (TPSA) is 62.7 Å². The summed E-state index contributed by atoms with van der Waals surface area (Å²) in [7, 11) is 1.62. The van der Waals surface area contributed by atoms with Gasteiger partial charge in [-0.1, -0.05) is 12.1 Å². The minimum absolute atomic E-state index is 0.0605. The Balaban J connectivity index is 1.78. The van der Waals surface area contributed by atoms with Gasteiger partial charge in [-0.15, -0.1) is 0 Å². The first-order valence-electron chi connectivity index (χ1n) is 7.51. The molecule has 2 aromatic carbocycles. The van der Waals surface area contributed by atoms with Gasteiger partial charge in [0, 0.05) is 17.8 Å². The number of halogens is 1. The quantitative estimate of drug-likeness (QED) is 0.606. The molecule has 0 radical (unpaired) electrons. The fraction of sp³-hybridized carbons (Fsp3) is 0.222. The second kappa shape index (κ2) is 8.67. The van der Waals surface area contributed by atoms with Gasteiger partial charge in [0.05, 0.1) is 13.7 Å². The fourth-order valence-corrected chi connectivity index (χ4v) is 2.03. The molecule has 0 bridgehead atoms. The summed E-state index contributed by atoms with van der Waals surface area (Å²) in [5.74, 6) is 0.214. The molecule has 24 heavy (non-hydrogen) atoms. The van der Waals surface area contributed by atoms with Crippen molar-refractivity contribution in [3.05, 3.63) is 59.9 Å². The van der Waals surface area contributed by atoms with Crippen LogP contribution in [0.5, 0.6) is 5.75 Å². The number of hydrazone groups is 1. The van der Waals surface area contributed by atoms with E-state index in [-0.39, 0.29) is 18.3 Å². The van der Waals surface area contributed by atoms with Crippen LogP contribution in [0.1, 0.15) is 12.5 Å². The minimum atomic E-state index is -0.316. The molecule has 5 nitrogen and oxygen atoms in total. The number of amides is 1. The van der Waals surface area contributed by atoms with Gasteiger partial charge in [-0.25, -0.2) is 9.82 Å². The average molecular weight is 329 g/mol. The summed E-state index contributed by atoms with van der Waals surface area (Å²) in [6.45, 7) is 1.91. The molecule has 0 aromatic heterocycles. The van der Waals surface area contributed by atoms with Crippen molar-refractivity contribution in [1.29, 1.82) is 0 Å². The van der Waals surface area contributed by atoms with Crippen LogP contribution in [0.25, 0.3) is 0 Å². The van der Waals surface area contributed by atoms with Crippen LogP contribution in [0.15, 0.2) is 53.6 Å². The zero-order valence-corrected chi connectivity index (χ0v) is 13.7. The van der Waals surface area contributed by atoms with Crippen molar-refractivity contribution in [3.63, 3.8) is 0 Å². The Morgan fingerprint density at radius 3 is 2.42 bits per heavy atom. The van der Waals surface area contributed by atoms with E-state index in [1.165, 1.54) is 12.1 Å². The van der Waals surface area contributed by atoms with Gasteiger partial charge >= 0.3 is 0 Å². The molecule has 126 valence electrons. The predicted octanol–water partition coefficient (Wildman–Crippen LogP) is 2.98. The van der Waals surface area contributed by atoms with Crippen LogP contribution in [-0.2, 0) is 11.2 Å². The molecule has 2 aromatic rings. The van der Waals surface area contributed by atoms with Crippen LogP contribution in [0, 0.1) is 5.82 Å². The molecule has 0 aliphatic carbocycles. The van der Waals surface area contributed by atoms with Crippen molar-refractivity contribution >= 4 is 17.3 Å². The van der Waals surface area contributed by atoms with E-state index < -0.39 is 0 Å². The zero-order chi connectivity index (χ0) is 17.4. The van der Waals surface area contributed by atoms with Crippen molar-refractivity contribution in [2.24, 2.45) is 5.10 Å². The van der Waals surface area contributed by atoms with Gasteiger partial charge in [-0.3, -0.25) is 4.79 Å². The number of nitrogens with zero attached hydrogens (tertiary/aromatic N) is 1. The molecule has 0 aliphatic rings. The van der Waals surface area contributed by atoms with Crippen molar-refractivity contribution in [3.8, 4) is 5.75 Å². The van der Waals surface area contributed by atoms with Gasteiger partial charge in [-0.2, -0.15) is 5.10 Å². The molecule has 0 aliphatic heterocycles. The highest BCUT2D eigenvalue weighted by molar-refractivity contribution is 5.87. The first-order valence-corrected chi connectivity index (χ1v) is 7.51. The van der Waals surface area contributed by atoms with Gasteiger partial charge in [0.25, 0.3) is 5.91 Å². The third-order valence-corrected chi connectivity index (χ3v) is 3.29. The van der Waals surface area contributed by atoms with E-state index in [0.29, 0.717) is 12.1 Å². The van der Waals surface area contributed by atoms with Crippen molar-refractivity contribution in [2.75, 3.05) is 19.0 Å². The summed E-state index contributed by atoms with van der Waals surface area (Å²) < 4.78 is 17.9. The van der Waals surface area contributed by atoms with E-state index in [2.05, 4.69) is 15.8 Å². The number of hydrogen-bond donors (Lipinski definition) is 2. The third-order valence-electron chi connectivity index (χ3n) is 3.29. The Labute approximate surface area is 140 Å². The second-order valence-electron chi connectivity index (χ2n) is 5.27. The van der Waals surface area contributed by atoms with E-state index >= 15 is 0 Å². The predicted molar refractivity (Wildman–Crippen MR) is 92.8 cm³/mol. The van der Waals surface area contributed by atoms with E-state index in [9.17, 15) is 9.18 Å². The molecule has 0 saturated heterocycles. The maximum absolute atomic E-state index is 12.8. The largest absolute Gasteiger partial charge is 0.497 e. The Hall–Kier alpha value is -2.89. The zero-order valence-electron chi connectivity index (χ0n) is 13.7. The van der Waals surface area contributed by atoms with Gasteiger partial charge in [0.15, 0.2) is 0 Å². The standard InChI is InChI=1S/C18H20FN3O2/c1-13(11-14-3-9-17(24-2)10-4-14)21-22-18(23)12-20-16-7-5-15(19)6-8-16/h3-10,20H,11-12H2,1-2H3,(H,22,23)/b21-13-. The average Bonchev–Trinajstić information content (AvgIpc) is 2.60. The molecule has 2 rings (SSSR count). The molecule has 0 unspecified atom stereocenters. The Kier molecular flexibility index (Phi) is 6.31. The Bertz CT molecular complexity index is 697. The number of carbonyl (C=O) groups is 1. The number of nitrogens with one attached hydrogen (secondary N) is 2. The van der Waals surface area contributed by atoms with Gasteiger partial charge in [0.1, 0.15) is 11.6 Å². The molecule has 6 heteroatoms. The Morgan fingerprint density at radius 2 is 1.79 bits per heavy atom. The summed E-state index contributed by atoms with van der Waals surface area (Å²) >= 11 is 0. The number of carbonyl (C=O) groups excluding carboxylic acids is 1. The summed E-state index contributed by atoms with van der Waals surface area (Å²) in [6, 6.07) is 13.5. The summed E-state index contributed by atoms with van der Waals surface area (Å²) in [4.78, 5) is 11.8. The summed E-state index contributed by atoms with van der Waals surface area (Å²) in [5.41, 5.74) is 5.03. The lowest BCUT2D eigenvalue weighted by molar-refractivity contribution is -0.119. The molecule has 0 heterocycles. The highest BCUT2D eigenvalue weighted by atomic mass is 19.1. The maximum atomic E-state index is 12.8. The Morgan fingerprint density at radius 1 is 1.12 bits per heavy atom. The SMILES string of the molecule is COc1ccc(C/C(C)=N\NC(=O)CNc2ccc(F)cc2)cc1. The lowest BCUT2D eigenvalue weighted by Gasteiger charge is -2.06. The molecule has 1 amide bonds. The lowest BCUT2D eigenvalue weighted by atomic mass is 10.1. The summed E-state index contributed by atoms with van der Waals surface area (Å²) in [6.07, 6.45) is 0.635. The normalized spacial score (nSPS) is 11.0. The van der Waals surface area contributed by atoms with Gasteiger partial charge in [0.2, 0.25) is 0 Å². The molecule has 0 atom stereocenters. The van der Waals surface area contributed by atoms with Crippen molar-refractivity contribution in [2.45, 2.75) is 13.3 Å². The third kappa shape index (κ3) is 5.72. The van der Waals surface area contributed by atoms with Crippen LogP contribution >= 0.6 is 0 Å². The first-order chi connectivity index (χ1) is 11.6. The molecule has 2 N–H and O–H groups in total. The van der Waals surface area contributed by atoms with Crippen LogP contribution in [0.4, 0.5) is 10.1 Å². The summed E-state index contributed by atoms with van der Waals surface area (Å²) in [5, 5.41) is 6.97. The highest BCUT2D eigenvalue weighted by Gasteiger charge is 2.02. The fourth-order valence-electron chi connectivity index (χ4n) is 2.03. The number of ether oxygens (including phenoxy) is 1. The van der Waals surface area contributed by atoms with Crippen LogP contribution < -0.4 is 15.5 Å². The van der Waals surface area contributed by atoms with Crippen molar-refractivity contribution in [1.82, 2.24) is 5.43 Å². The van der Waals surface area contributed by atoms with E-state index in [1.807, 2.05) is 31.2 Å². The molecule has 0 spiro atoms. The maximum Gasteiger partial charge on any atom is 0.259 e. The van der Waals surface area contributed by atoms with Gasteiger partial charge in [-0.05, 0) is 48.9 Å². The van der Waals surface area contributed by atoms with Gasteiger partial charge < -0.3 is 10.1 Å². The number of methoxy groups -OCH3 is 1. The number of rotatable bonds is 7. The van der Waals surface area contributed by atoms with Crippen LogP contribution in [-0.4, -0.2) is 25.3 Å². The molecule has 0 fully saturated rings. The lowest BCUT2D eigenvalue weighted by Crippen LogP contribution is -2.26. The second-order valence-corrected chi connectivity index (χ2v) is 5.27. The van der Waals surface area contributed by atoms with E-state index in [0.717, 1.165) is 17.0 Å². The highest BCUT2D eigenvalue weighted by Crippen LogP contribution is 2.12. The van der Waals surface area contributed by atoms with Crippen LogP contribution in [0.2, 0.25) is 0 Å². The number of benzene rings is 2. The number of hydrogen-bond acceptors (Lipinski definition) is 4. The number of anilines is 1. The molecule has 0 saturated carbocycles. The van der Waals surface area contributed by atoms with E-state index in [1.54, 1.807) is 19.2 Å². The van der Waals surface area contributed by atoms with Crippen molar-refractivity contribution < 1.29 is 13.9 Å². The smallest absolute Gasteiger partial charge is 0.259 e. The van der Waals surface area contributed by atoms with E-state index in [4.69, 9.17) is 4.74 Å². The minimum Gasteiger partial charge on any atom is -0.497 e.